The van der Waals surface area contributed by atoms with Gasteiger partial charge in [-0.05, 0) is 13.8 Å². The third-order valence-electron chi connectivity index (χ3n) is 5.46. The highest BCUT2D eigenvalue weighted by molar-refractivity contribution is 5.91. The van der Waals surface area contributed by atoms with Crippen LogP contribution in [0.3, 0.4) is 0 Å². The van der Waals surface area contributed by atoms with Gasteiger partial charge in [0.15, 0.2) is 0 Å². The number of hydrogen-bond donors (Lipinski definition) is 4. The Balaban J connectivity index is 2.15. The normalized spacial score (nSPS) is 53.9. The van der Waals surface area contributed by atoms with Crippen LogP contribution in [0.25, 0.3) is 0 Å². The van der Waals surface area contributed by atoms with Gasteiger partial charge in [-0.1, -0.05) is 18.7 Å². The number of ether oxygens (including phenoxy) is 1. The number of fused-ring (bicyclic) bond motifs is 3. The molecule has 0 aromatic carbocycles. The Morgan fingerprint density at radius 1 is 1.36 bits per heavy atom. The Kier molecular flexibility index (Phi) is 3.29. The molecule has 7 nitrogen and oxygen atoms in total. The molecule has 122 valence electrons. The first-order valence-corrected chi connectivity index (χ1v) is 7.15. The third-order valence-corrected chi connectivity index (χ3v) is 5.46. The fourth-order valence-corrected chi connectivity index (χ4v) is 4.11. The van der Waals surface area contributed by atoms with Gasteiger partial charge in [0.2, 0.25) is 0 Å². The molecule has 1 unspecified atom stereocenters. The van der Waals surface area contributed by atoms with E-state index in [2.05, 4.69) is 11.5 Å². The minimum absolute atomic E-state index is 0.0418. The standard InChI is InChI=1S/C15H20O7/c1-6-8-10(16)12(17)15(3,19)7-4-5-14(2,22-20)9(7)11(8)21-13(6)18/h4-5,7-12,16-17,19-20H,1H2,2-3H3/t7-,8-,9+,10-,11+,12-,14?,15+/m1/s1. The summed E-state index contributed by atoms with van der Waals surface area (Å²) in [6, 6.07) is 0. The molecule has 7 heteroatoms. The molecule has 0 amide bonds. The molecule has 1 heterocycles. The molecule has 0 bridgehead atoms. The van der Waals surface area contributed by atoms with Crippen LogP contribution in [0, 0.1) is 17.8 Å². The number of hydrogen-bond acceptors (Lipinski definition) is 7. The molecule has 1 saturated carbocycles. The van der Waals surface area contributed by atoms with Crippen molar-refractivity contribution in [3.8, 4) is 0 Å². The highest BCUT2D eigenvalue weighted by atomic mass is 17.1. The van der Waals surface area contributed by atoms with Crippen molar-refractivity contribution in [3.05, 3.63) is 24.3 Å². The molecular weight excluding hydrogens is 292 g/mol. The summed E-state index contributed by atoms with van der Waals surface area (Å²) in [5.74, 6) is -2.89. The number of carbonyl (C=O) groups is 1. The second-order valence-electron chi connectivity index (χ2n) is 6.77. The Labute approximate surface area is 127 Å². The molecule has 2 fully saturated rings. The van der Waals surface area contributed by atoms with Gasteiger partial charge in [-0.3, -0.25) is 5.26 Å². The molecule has 0 aromatic heterocycles. The summed E-state index contributed by atoms with van der Waals surface area (Å²) in [6.07, 6.45) is -0.620. The summed E-state index contributed by atoms with van der Waals surface area (Å²) < 4.78 is 5.33. The fourth-order valence-electron chi connectivity index (χ4n) is 4.11. The van der Waals surface area contributed by atoms with Gasteiger partial charge in [-0.15, -0.1) is 0 Å². The zero-order valence-electron chi connectivity index (χ0n) is 12.3. The maximum Gasteiger partial charge on any atom is 0.334 e. The van der Waals surface area contributed by atoms with E-state index in [9.17, 15) is 25.4 Å². The van der Waals surface area contributed by atoms with Crippen molar-refractivity contribution in [2.75, 3.05) is 0 Å². The number of rotatable bonds is 1. The van der Waals surface area contributed by atoms with Crippen LogP contribution in [0.2, 0.25) is 0 Å². The summed E-state index contributed by atoms with van der Waals surface area (Å²) >= 11 is 0. The van der Waals surface area contributed by atoms with E-state index in [0.717, 1.165) is 0 Å². The van der Waals surface area contributed by atoms with Gasteiger partial charge >= 0.3 is 5.97 Å². The van der Waals surface area contributed by atoms with Gasteiger partial charge in [-0.2, -0.15) is 0 Å². The van der Waals surface area contributed by atoms with Crippen LogP contribution >= 0.6 is 0 Å². The molecule has 0 aromatic rings. The third kappa shape index (κ3) is 1.77. The lowest BCUT2D eigenvalue weighted by Crippen LogP contribution is -2.53. The van der Waals surface area contributed by atoms with Crippen LogP contribution in [0.15, 0.2) is 24.3 Å². The zero-order chi connectivity index (χ0) is 16.4. The van der Waals surface area contributed by atoms with Crippen LogP contribution < -0.4 is 0 Å². The molecule has 2 aliphatic carbocycles. The van der Waals surface area contributed by atoms with Crippen molar-refractivity contribution in [2.24, 2.45) is 17.8 Å². The minimum atomic E-state index is -1.69. The molecule has 3 aliphatic rings. The maximum atomic E-state index is 11.9. The van der Waals surface area contributed by atoms with Crippen LogP contribution in [-0.4, -0.2) is 56.1 Å². The highest BCUT2D eigenvalue weighted by Crippen LogP contribution is 2.53. The number of aliphatic hydroxyl groups excluding tert-OH is 2. The Hall–Kier alpha value is -1.25. The minimum Gasteiger partial charge on any atom is -0.458 e. The summed E-state index contributed by atoms with van der Waals surface area (Å²) in [5.41, 5.74) is -2.86. The summed E-state index contributed by atoms with van der Waals surface area (Å²) in [6.45, 7) is 6.61. The van der Waals surface area contributed by atoms with Crippen molar-refractivity contribution in [3.63, 3.8) is 0 Å². The van der Waals surface area contributed by atoms with Crippen molar-refractivity contribution in [2.45, 2.75) is 43.4 Å². The summed E-state index contributed by atoms with van der Waals surface area (Å²) in [7, 11) is 0. The topological polar surface area (TPSA) is 116 Å². The summed E-state index contributed by atoms with van der Waals surface area (Å²) in [4.78, 5) is 16.4. The van der Waals surface area contributed by atoms with Gasteiger partial charge < -0.3 is 20.1 Å². The average Bonchev–Trinajstić information content (AvgIpc) is 2.94. The molecule has 3 rings (SSSR count). The molecule has 4 N–H and O–H groups in total. The van der Waals surface area contributed by atoms with Gasteiger partial charge in [0.1, 0.15) is 17.8 Å². The van der Waals surface area contributed by atoms with Gasteiger partial charge in [-0.25, -0.2) is 9.68 Å². The Bertz CT molecular complexity index is 554. The van der Waals surface area contributed by atoms with E-state index in [1.54, 1.807) is 19.1 Å². The van der Waals surface area contributed by atoms with Crippen molar-refractivity contribution < 1.29 is 35.0 Å². The Morgan fingerprint density at radius 3 is 2.59 bits per heavy atom. The molecule has 0 spiro atoms. The van der Waals surface area contributed by atoms with Gasteiger partial charge in [0.05, 0.1) is 17.6 Å². The molecule has 1 saturated heterocycles. The molecule has 0 radical (unpaired) electrons. The van der Waals surface area contributed by atoms with E-state index in [1.807, 2.05) is 0 Å². The first-order valence-electron chi connectivity index (χ1n) is 7.15. The second kappa shape index (κ2) is 4.62. The summed E-state index contributed by atoms with van der Waals surface area (Å²) in [5, 5.41) is 40.8. The quantitative estimate of drug-likeness (QED) is 0.171. The predicted molar refractivity (Wildman–Crippen MR) is 73.4 cm³/mol. The molecular formula is C15H20O7. The fraction of sp³-hybridized carbons (Fsp3) is 0.667. The van der Waals surface area contributed by atoms with Gasteiger partial charge in [0, 0.05) is 17.4 Å². The van der Waals surface area contributed by atoms with E-state index in [1.165, 1.54) is 6.92 Å². The van der Waals surface area contributed by atoms with Gasteiger partial charge in [0.25, 0.3) is 0 Å². The van der Waals surface area contributed by atoms with E-state index >= 15 is 0 Å². The van der Waals surface area contributed by atoms with Crippen LogP contribution in [0.5, 0.6) is 0 Å². The van der Waals surface area contributed by atoms with Crippen LogP contribution in [-0.2, 0) is 14.4 Å². The van der Waals surface area contributed by atoms with Crippen LogP contribution in [0.1, 0.15) is 13.8 Å². The predicted octanol–water partition coefficient (Wildman–Crippen LogP) is -0.379. The highest BCUT2D eigenvalue weighted by Gasteiger charge is 2.65. The van der Waals surface area contributed by atoms with E-state index in [4.69, 9.17) is 4.74 Å². The molecule has 22 heavy (non-hydrogen) atoms. The van der Waals surface area contributed by atoms with Crippen molar-refractivity contribution in [1.82, 2.24) is 0 Å². The Morgan fingerprint density at radius 2 is 2.00 bits per heavy atom. The molecule has 8 atom stereocenters. The van der Waals surface area contributed by atoms with Crippen molar-refractivity contribution in [1.29, 1.82) is 0 Å². The van der Waals surface area contributed by atoms with E-state index < -0.39 is 53.2 Å². The maximum absolute atomic E-state index is 11.9. The average molecular weight is 312 g/mol. The smallest absolute Gasteiger partial charge is 0.334 e. The SMILES string of the molecule is C=C1C(=O)O[C@H]2[C@H]1[C@@H](O)[C@@H](O)[C@@](C)(O)[C@@H]1C=CC(C)(OO)[C@H]21. The van der Waals surface area contributed by atoms with Crippen LogP contribution in [0.4, 0.5) is 0 Å². The number of carbonyl (C=O) groups excluding carboxylic acids is 1. The zero-order valence-corrected chi connectivity index (χ0v) is 12.3. The first-order chi connectivity index (χ1) is 10.1. The lowest BCUT2D eigenvalue weighted by Gasteiger charge is -2.39. The first kappa shape index (κ1) is 15.6. The largest absolute Gasteiger partial charge is 0.458 e. The molecule has 1 aliphatic heterocycles. The number of aliphatic hydroxyl groups is 3. The van der Waals surface area contributed by atoms with E-state index in [0.29, 0.717) is 0 Å². The monoisotopic (exact) mass is 312 g/mol. The number of esters is 1. The second-order valence-corrected chi connectivity index (χ2v) is 6.77. The lowest BCUT2D eigenvalue weighted by atomic mass is 9.73. The van der Waals surface area contributed by atoms with Crippen molar-refractivity contribution >= 4 is 5.97 Å². The lowest BCUT2D eigenvalue weighted by molar-refractivity contribution is -0.324. The van der Waals surface area contributed by atoms with E-state index in [-0.39, 0.29) is 5.57 Å².